The van der Waals surface area contributed by atoms with E-state index in [1.165, 1.54) is 0 Å². The highest BCUT2D eigenvalue weighted by atomic mass is 16.5. The molecule has 1 aromatic carbocycles. The molecule has 0 saturated carbocycles. The van der Waals surface area contributed by atoms with E-state index in [9.17, 15) is 9.59 Å². The second-order valence-corrected chi connectivity index (χ2v) is 3.97. The zero-order valence-corrected chi connectivity index (χ0v) is 10.0. The van der Waals surface area contributed by atoms with Crippen LogP contribution in [0.2, 0.25) is 0 Å². The lowest BCUT2D eigenvalue weighted by Crippen LogP contribution is -2.12. The molecule has 0 unspecified atom stereocenters. The van der Waals surface area contributed by atoms with E-state index in [0.29, 0.717) is 24.2 Å². The number of carbonyl (C=O) groups is 2. The zero-order chi connectivity index (χ0) is 12.7. The number of carbonyl (C=O) groups excluding carboxylic acids is 2. The van der Waals surface area contributed by atoms with Crippen LogP contribution in [-0.4, -0.2) is 25.5 Å². The number of aldehydes is 1. The van der Waals surface area contributed by atoms with Crippen LogP contribution >= 0.6 is 0 Å². The van der Waals surface area contributed by atoms with E-state index in [4.69, 9.17) is 9.47 Å². The van der Waals surface area contributed by atoms with Crippen molar-refractivity contribution >= 4 is 12.3 Å². The predicted octanol–water partition coefficient (Wildman–Crippen LogP) is 2.08. The summed E-state index contributed by atoms with van der Waals surface area (Å²) in [6.07, 6.45) is 0.635. The van der Waals surface area contributed by atoms with Crippen LogP contribution in [-0.2, 0) is 9.53 Å². The molecule has 0 saturated heterocycles. The third-order valence-corrected chi connectivity index (χ3v) is 1.96. The maximum atomic E-state index is 11.7. The fourth-order valence-corrected chi connectivity index (χ4v) is 1.21. The van der Waals surface area contributed by atoms with Crippen molar-refractivity contribution in [3.8, 4) is 5.75 Å². The van der Waals surface area contributed by atoms with Crippen molar-refractivity contribution in [3.63, 3.8) is 0 Å². The summed E-state index contributed by atoms with van der Waals surface area (Å²) in [6.45, 7) is 4.21. The van der Waals surface area contributed by atoms with E-state index < -0.39 is 5.97 Å². The van der Waals surface area contributed by atoms with E-state index in [-0.39, 0.29) is 12.5 Å². The summed E-state index contributed by atoms with van der Waals surface area (Å²) in [5, 5.41) is 0. The summed E-state index contributed by atoms with van der Waals surface area (Å²) in [4.78, 5) is 22.0. The Morgan fingerprint density at radius 2 is 2.06 bits per heavy atom. The summed E-state index contributed by atoms with van der Waals surface area (Å²) >= 11 is 0. The van der Waals surface area contributed by atoms with Crippen molar-refractivity contribution in [1.29, 1.82) is 0 Å². The van der Waals surface area contributed by atoms with Crippen LogP contribution < -0.4 is 4.74 Å². The lowest BCUT2D eigenvalue weighted by atomic mass is 10.2. The van der Waals surface area contributed by atoms with E-state index in [1.54, 1.807) is 24.3 Å². The second-order valence-electron chi connectivity index (χ2n) is 3.97. The van der Waals surface area contributed by atoms with Crippen LogP contribution in [0.1, 0.15) is 24.2 Å². The van der Waals surface area contributed by atoms with Gasteiger partial charge in [0.05, 0.1) is 6.61 Å². The van der Waals surface area contributed by atoms with Gasteiger partial charge in [-0.15, -0.1) is 0 Å². The molecule has 4 heteroatoms. The second kappa shape index (κ2) is 6.68. The monoisotopic (exact) mass is 236 g/mol. The summed E-state index contributed by atoms with van der Waals surface area (Å²) in [6, 6.07) is 6.71. The third-order valence-electron chi connectivity index (χ3n) is 1.96. The topological polar surface area (TPSA) is 52.6 Å². The highest BCUT2D eigenvalue weighted by Gasteiger charge is 2.13. The molecule has 0 aromatic heterocycles. The standard InChI is InChI=1S/C13H16O4/c1-10(2)9-17-13(15)11-5-3-4-6-12(11)16-8-7-14/h3-7,10H,8-9H2,1-2H3. The number of para-hydroxylation sites is 1. The van der Waals surface area contributed by atoms with Crippen molar-refractivity contribution < 1.29 is 19.1 Å². The smallest absolute Gasteiger partial charge is 0.341 e. The van der Waals surface area contributed by atoms with Gasteiger partial charge in [0.15, 0.2) is 6.29 Å². The largest absolute Gasteiger partial charge is 0.485 e. The highest BCUT2D eigenvalue weighted by Crippen LogP contribution is 2.18. The Hall–Kier alpha value is -1.84. The number of ether oxygens (including phenoxy) is 2. The van der Waals surface area contributed by atoms with Gasteiger partial charge in [-0.3, -0.25) is 4.79 Å². The molecule has 0 aliphatic rings. The van der Waals surface area contributed by atoms with Crippen LogP contribution in [0.15, 0.2) is 24.3 Å². The number of benzene rings is 1. The number of hydrogen-bond donors (Lipinski definition) is 0. The molecule has 0 heterocycles. The molecule has 0 aliphatic carbocycles. The molecule has 0 bridgehead atoms. The lowest BCUT2D eigenvalue weighted by molar-refractivity contribution is -0.109. The van der Waals surface area contributed by atoms with Gasteiger partial charge in [0.25, 0.3) is 0 Å². The van der Waals surface area contributed by atoms with E-state index in [2.05, 4.69) is 0 Å². The van der Waals surface area contributed by atoms with E-state index in [1.807, 2.05) is 13.8 Å². The van der Waals surface area contributed by atoms with Gasteiger partial charge in [0.2, 0.25) is 0 Å². The predicted molar refractivity (Wildman–Crippen MR) is 63.1 cm³/mol. The molecule has 17 heavy (non-hydrogen) atoms. The molecule has 0 atom stereocenters. The lowest BCUT2D eigenvalue weighted by Gasteiger charge is -2.10. The fourth-order valence-electron chi connectivity index (χ4n) is 1.21. The van der Waals surface area contributed by atoms with Crippen molar-refractivity contribution in [2.24, 2.45) is 5.92 Å². The summed E-state index contributed by atoms with van der Waals surface area (Å²) < 4.78 is 10.2. The Morgan fingerprint density at radius 1 is 1.35 bits per heavy atom. The minimum absolute atomic E-state index is 0.0749. The van der Waals surface area contributed by atoms with Gasteiger partial charge in [-0.05, 0) is 18.1 Å². The minimum atomic E-state index is -0.430. The van der Waals surface area contributed by atoms with Gasteiger partial charge < -0.3 is 9.47 Å². The normalized spacial score (nSPS) is 10.1. The summed E-state index contributed by atoms with van der Waals surface area (Å²) in [7, 11) is 0. The molecule has 0 spiro atoms. The van der Waals surface area contributed by atoms with Gasteiger partial charge in [0, 0.05) is 0 Å². The van der Waals surface area contributed by atoms with Gasteiger partial charge in [0.1, 0.15) is 17.9 Å². The summed E-state index contributed by atoms with van der Waals surface area (Å²) in [5.41, 5.74) is 0.343. The first-order chi connectivity index (χ1) is 8.15. The Labute approximate surface area is 101 Å². The van der Waals surface area contributed by atoms with Gasteiger partial charge in [-0.1, -0.05) is 26.0 Å². The first kappa shape index (κ1) is 13.2. The summed E-state index contributed by atoms with van der Waals surface area (Å²) in [5.74, 6) is 0.218. The molecular formula is C13H16O4. The fraction of sp³-hybridized carbons (Fsp3) is 0.385. The van der Waals surface area contributed by atoms with Crippen molar-refractivity contribution in [2.75, 3.05) is 13.2 Å². The molecule has 1 aromatic rings. The molecule has 0 N–H and O–H groups in total. The van der Waals surface area contributed by atoms with Crippen LogP contribution in [0.4, 0.5) is 0 Å². The number of esters is 1. The maximum absolute atomic E-state index is 11.7. The number of hydrogen-bond acceptors (Lipinski definition) is 4. The van der Waals surface area contributed by atoms with Crippen molar-refractivity contribution in [2.45, 2.75) is 13.8 Å². The molecule has 92 valence electrons. The zero-order valence-electron chi connectivity index (χ0n) is 10.0. The average Bonchev–Trinajstić information content (AvgIpc) is 2.33. The van der Waals surface area contributed by atoms with Crippen LogP contribution in [0.3, 0.4) is 0 Å². The Balaban J connectivity index is 2.74. The Kier molecular flexibility index (Phi) is 5.20. The maximum Gasteiger partial charge on any atom is 0.341 e. The average molecular weight is 236 g/mol. The molecule has 0 radical (unpaired) electrons. The van der Waals surface area contributed by atoms with Crippen molar-refractivity contribution in [1.82, 2.24) is 0 Å². The van der Waals surface area contributed by atoms with Crippen molar-refractivity contribution in [3.05, 3.63) is 29.8 Å². The van der Waals surface area contributed by atoms with E-state index >= 15 is 0 Å². The molecule has 0 aliphatic heterocycles. The third kappa shape index (κ3) is 4.26. The van der Waals surface area contributed by atoms with Crippen LogP contribution in [0, 0.1) is 5.92 Å². The Bertz CT molecular complexity index is 385. The molecule has 1 rings (SSSR count). The van der Waals surface area contributed by atoms with Gasteiger partial charge in [-0.2, -0.15) is 0 Å². The molecule has 0 fully saturated rings. The SMILES string of the molecule is CC(C)COC(=O)c1ccccc1OCC=O. The van der Waals surface area contributed by atoms with Gasteiger partial charge in [-0.25, -0.2) is 4.79 Å². The number of rotatable bonds is 6. The first-order valence-corrected chi connectivity index (χ1v) is 5.47. The Morgan fingerprint density at radius 3 is 2.71 bits per heavy atom. The van der Waals surface area contributed by atoms with Crippen LogP contribution in [0.5, 0.6) is 5.75 Å². The van der Waals surface area contributed by atoms with E-state index in [0.717, 1.165) is 0 Å². The van der Waals surface area contributed by atoms with Crippen LogP contribution in [0.25, 0.3) is 0 Å². The molecule has 4 nitrogen and oxygen atoms in total. The minimum Gasteiger partial charge on any atom is -0.485 e. The molecular weight excluding hydrogens is 220 g/mol. The first-order valence-electron chi connectivity index (χ1n) is 5.47. The van der Waals surface area contributed by atoms with Gasteiger partial charge >= 0.3 is 5.97 Å². The highest BCUT2D eigenvalue weighted by molar-refractivity contribution is 5.92. The quantitative estimate of drug-likeness (QED) is 0.560. The molecule has 0 amide bonds.